The number of carbonyl (C=O) groups excluding carboxylic acids is 1. The van der Waals surface area contributed by atoms with Gasteiger partial charge in [0.05, 0.1) is 12.8 Å². The minimum atomic E-state index is -0.0977. The molecule has 0 fully saturated rings. The minimum Gasteiger partial charge on any atom is -0.497 e. The number of nitrogens with one attached hydrogen (secondary N) is 2. The van der Waals surface area contributed by atoms with Crippen molar-refractivity contribution in [1.82, 2.24) is 15.3 Å². The average molecular weight is 341 g/mol. The molecule has 3 rings (SSSR count). The number of fused-ring (bicyclic) bond motifs is 1. The summed E-state index contributed by atoms with van der Waals surface area (Å²) >= 11 is 0. The first-order valence-electron chi connectivity index (χ1n) is 8.56. The lowest BCUT2D eigenvalue weighted by Crippen LogP contribution is -2.30. The monoisotopic (exact) mass is 341 g/mol. The van der Waals surface area contributed by atoms with E-state index in [9.17, 15) is 9.59 Å². The third-order valence-electron chi connectivity index (χ3n) is 4.66. The Balaban J connectivity index is 1.62. The highest BCUT2D eigenvalue weighted by Crippen LogP contribution is 2.22. The number of carbonyl (C=O) groups is 1. The molecular formula is C19H23N3O3. The van der Waals surface area contributed by atoms with Crippen LogP contribution in [0, 0.1) is 12.8 Å². The molecule has 0 saturated heterocycles. The molecular weight excluding hydrogens is 318 g/mol. The Morgan fingerprint density at radius 2 is 2.16 bits per heavy atom. The Hall–Kier alpha value is -2.63. The Morgan fingerprint density at radius 3 is 2.96 bits per heavy atom. The maximum Gasteiger partial charge on any atom is 0.254 e. The molecule has 1 amide bonds. The molecule has 2 N–H and O–H groups in total. The van der Waals surface area contributed by atoms with Gasteiger partial charge in [0.25, 0.3) is 5.56 Å². The summed E-state index contributed by atoms with van der Waals surface area (Å²) in [5.41, 5.74) is 2.50. The normalized spacial score (nSPS) is 16.6. The largest absolute Gasteiger partial charge is 0.497 e. The van der Waals surface area contributed by atoms with Gasteiger partial charge in [0, 0.05) is 18.0 Å². The molecule has 6 nitrogen and oxygen atoms in total. The van der Waals surface area contributed by atoms with Gasteiger partial charge in [-0.1, -0.05) is 12.1 Å². The van der Waals surface area contributed by atoms with E-state index in [1.54, 1.807) is 14.0 Å². The zero-order chi connectivity index (χ0) is 17.8. The standard InChI is InChI=1S/C19H23N3O3/c1-12-21-17-9-7-14(6-8-16(17)19(24)22-12)18(23)20-11-13-4-3-5-15(10-13)25-2/h3-5,10,14H,6-9,11H2,1-2H3,(H,20,23)(H,21,22,24). The first kappa shape index (κ1) is 17.2. The molecule has 1 aromatic carbocycles. The highest BCUT2D eigenvalue weighted by atomic mass is 16.5. The molecule has 0 saturated carbocycles. The zero-order valence-electron chi connectivity index (χ0n) is 14.6. The maximum absolute atomic E-state index is 12.5. The van der Waals surface area contributed by atoms with Crippen molar-refractivity contribution < 1.29 is 9.53 Å². The molecule has 132 valence electrons. The van der Waals surface area contributed by atoms with Gasteiger partial charge < -0.3 is 15.0 Å². The van der Waals surface area contributed by atoms with Crippen LogP contribution in [-0.2, 0) is 24.2 Å². The number of H-pyrrole nitrogens is 1. The lowest BCUT2D eigenvalue weighted by molar-refractivity contribution is -0.125. The summed E-state index contributed by atoms with van der Waals surface area (Å²) in [4.78, 5) is 31.8. The van der Waals surface area contributed by atoms with Gasteiger partial charge in [0.1, 0.15) is 11.6 Å². The van der Waals surface area contributed by atoms with Crippen molar-refractivity contribution in [2.45, 2.75) is 39.2 Å². The lowest BCUT2D eigenvalue weighted by Gasteiger charge is -2.14. The van der Waals surface area contributed by atoms with Crippen molar-refractivity contribution in [2.75, 3.05) is 7.11 Å². The van der Waals surface area contributed by atoms with E-state index in [-0.39, 0.29) is 17.4 Å². The molecule has 0 bridgehead atoms. The molecule has 1 atom stereocenters. The number of amides is 1. The first-order valence-corrected chi connectivity index (χ1v) is 8.56. The fourth-order valence-electron chi connectivity index (χ4n) is 3.29. The fourth-order valence-corrected chi connectivity index (χ4v) is 3.29. The summed E-state index contributed by atoms with van der Waals surface area (Å²) in [6.07, 6.45) is 2.64. The highest BCUT2D eigenvalue weighted by molar-refractivity contribution is 5.78. The quantitative estimate of drug-likeness (QED) is 0.832. The Kier molecular flexibility index (Phi) is 5.16. The van der Waals surface area contributed by atoms with Crippen LogP contribution in [0.15, 0.2) is 29.1 Å². The summed E-state index contributed by atoms with van der Waals surface area (Å²) in [5.74, 6) is 1.34. The molecule has 2 aromatic rings. The van der Waals surface area contributed by atoms with Crippen molar-refractivity contribution in [1.29, 1.82) is 0 Å². The van der Waals surface area contributed by atoms with Crippen LogP contribution in [0.4, 0.5) is 0 Å². The van der Waals surface area contributed by atoms with Gasteiger partial charge >= 0.3 is 0 Å². The van der Waals surface area contributed by atoms with E-state index < -0.39 is 0 Å². The van der Waals surface area contributed by atoms with Crippen molar-refractivity contribution in [2.24, 2.45) is 5.92 Å². The molecule has 1 aromatic heterocycles. The summed E-state index contributed by atoms with van der Waals surface area (Å²) in [6, 6.07) is 7.65. The van der Waals surface area contributed by atoms with Gasteiger partial charge in [0.2, 0.25) is 5.91 Å². The van der Waals surface area contributed by atoms with Crippen molar-refractivity contribution >= 4 is 5.91 Å². The topological polar surface area (TPSA) is 84.1 Å². The second-order valence-electron chi connectivity index (χ2n) is 6.42. The predicted molar refractivity (Wildman–Crippen MR) is 94.6 cm³/mol. The van der Waals surface area contributed by atoms with Gasteiger partial charge in [-0.2, -0.15) is 0 Å². The van der Waals surface area contributed by atoms with Gasteiger partial charge in [-0.15, -0.1) is 0 Å². The molecule has 1 aliphatic rings. The fraction of sp³-hybridized carbons (Fsp3) is 0.421. The van der Waals surface area contributed by atoms with Gasteiger partial charge in [-0.25, -0.2) is 4.98 Å². The maximum atomic E-state index is 12.5. The van der Waals surface area contributed by atoms with Crippen LogP contribution in [0.3, 0.4) is 0 Å². The first-order chi connectivity index (χ1) is 12.1. The van der Waals surface area contributed by atoms with Crippen LogP contribution in [0.5, 0.6) is 5.75 Å². The Bertz CT molecular complexity index is 829. The summed E-state index contributed by atoms with van der Waals surface area (Å²) in [6.45, 7) is 2.25. The van der Waals surface area contributed by atoms with Gasteiger partial charge in [-0.3, -0.25) is 9.59 Å². The van der Waals surface area contributed by atoms with E-state index in [0.717, 1.165) is 22.6 Å². The average Bonchev–Trinajstić information content (AvgIpc) is 2.82. The zero-order valence-corrected chi connectivity index (χ0v) is 14.6. The van der Waals surface area contributed by atoms with E-state index in [4.69, 9.17) is 4.74 Å². The number of aryl methyl sites for hydroxylation is 2. The second kappa shape index (κ2) is 7.51. The molecule has 1 heterocycles. The number of hydrogen-bond acceptors (Lipinski definition) is 4. The molecule has 25 heavy (non-hydrogen) atoms. The molecule has 0 spiro atoms. The third kappa shape index (κ3) is 4.07. The van der Waals surface area contributed by atoms with E-state index in [0.29, 0.717) is 38.1 Å². The van der Waals surface area contributed by atoms with Crippen LogP contribution in [0.1, 0.15) is 35.5 Å². The van der Waals surface area contributed by atoms with Crippen molar-refractivity contribution in [3.05, 3.63) is 57.3 Å². The van der Waals surface area contributed by atoms with E-state index in [2.05, 4.69) is 15.3 Å². The third-order valence-corrected chi connectivity index (χ3v) is 4.66. The van der Waals surface area contributed by atoms with Crippen LogP contribution < -0.4 is 15.6 Å². The number of hydrogen-bond donors (Lipinski definition) is 2. The molecule has 6 heteroatoms. The number of benzene rings is 1. The number of ether oxygens (including phenoxy) is 1. The van der Waals surface area contributed by atoms with E-state index in [1.165, 1.54) is 0 Å². The van der Waals surface area contributed by atoms with Crippen LogP contribution >= 0.6 is 0 Å². The molecule has 0 aliphatic heterocycles. The highest BCUT2D eigenvalue weighted by Gasteiger charge is 2.24. The smallest absolute Gasteiger partial charge is 0.254 e. The Labute approximate surface area is 146 Å². The Morgan fingerprint density at radius 1 is 1.36 bits per heavy atom. The SMILES string of the molecule is COc1cccc(CNC(=O)C2CCc3nc(C)[nH]c(=O)c3CC2)c1. The van der Waals surface area contributed by atoms with Crippen LogP contribution in [0.25, 0.3) is 0 Å². The number of aromatic nitrogens is 2. The number of rotatable bonds is 4. The van der Waals surface area contributed by atoms with Crippen molar-refractivity contribution in [3.63, 3.8) is 0 Å². The van der Waals surface area contributed by atoms with Crippen molar-refractivity contribution in [3.8, 4) is 5.75 Å². The summed E-state index contributed by atoms with van der Waals surface area (Å²) < 4.78 is 5.20. The summed E-state index contributed by atoms with van der Waals surface area (Å²) in [5, 5.41) is 3.00. The van der Waals surface area contributed by atoms with Crippen LogP contribution in [0.2, 0.25) is 0 Å². The van der Waals surface area contributed by atoms with Gasteiger partial charge in [-0.05, 0) is 50.3 Å². The number of aromatic amines is 1. The second-order valence-corrected chi connectivity index (χ2v) is 6.42. The van der Waals surface area contributed by atoms with Crippen LogP contribution in [-0.4, -0.2) is 23.0 Å². The molecule has 1 unspecified atom stereocenters. The molecule has 0 radical (unpaired) electrons. The number of methoxy groups -OCH3 is 1. The van der Waals surface area contributed by atoms with E-state index >= 15 is 0 Å². The summed E-state index contributed by atoms with van der Waals surface area (Å²) in [7, 11) is 1.62. The number of nitrogens with zero attached hydrogens (tertiary/aromatic N) is 1. The lowest BCUT2D eigenvalue weighted by atomic mass is 9.98. The predicted octanol–water partition coefficient (Wildman–Crippen LogP) is 1.90. The minimum absolute atomic E-state index is 0.0313. The van der Waals surface area contributed by atoms with Gasteiger partial charge in [0.15, 0.2) is 0 Å². The van der Waals surface area contributed by atoms with E-state index in [1.807, 2.05) is 24.3 Å². The molecule has 1 aliphatic carbocycles.